The summed E-state index contributed by atoms with van der Waals surface area (Å²) in [5.74, 6) is -0.800. The van der Waals surface area contributed by atoms with Crippen LogP contribution in [-0.2, 0) is 14.2 Å². The number of rotatable bonds is 12. The van der Waals surface area contributed by atoms with Gasteiger partial charge in [-0.05, 0) is 12.8 Å². The van der Waals surface area contributed by atoms with Gasteiger partial charge < -0.3 is 82.9 Å². The lowest BCUT2D eigenvalue weighted by molar-refractivity contribution is -0.307. The number of aliphatic hydroxyl groups is 8. The molecule has 1 saturated carbocycles. The van der Waals surface area contributed by atoms with Crippen LogP contribution in [0.3, 0.4) is 0 Å². The monoisotopic (exact) mass is 569 g/mol. The van der Waals surface area contributed by atoms with Gasteiger partial charge in [0.15, 0.2) is 6.29 Å². The Hall–Kier alpha value is -0.640. The summed E-state index contributed by atoms with van der Waals surface area (Å²) in [6, 6.07) is -4.11. The lowest BCUT2D eigenvalue weighted by atomic mass is 9.72. The predicted octanol–water partition coefficient (Wildman–Crippen LogP) is -7.42. The molecule has 0 bridgehead atoms. The van der Waals surface area contributed by atoms with Crippen molar-refractivity contribution in [2.75, 3.05) is 39.5 Å². The van der Waals surface area contributed by atoms with E-state index in [-0.39, 0.29) is 26.0 Å². The molecule has 39 heavy (non-hydrogen) atoms. The first-order valence-corrected chi connectivity index (χ1v) is 13.4. The average molecular weight is 570 g/mol. The van der Waals surface area contributed by atoms with Gasteiger partial charge in [0.05, 0.1) is 62.9 Å². The van der Waals surface area contributed by atoms with Crippen LogP contribution < -0.4 is 27.8 Å². The molecule has 0 radical (unpaired) electrons. The van der Waals surface area contributed by atoms with Crippen LogP contribution >= 0.6 is 0 Å². The molecule has 16 nitrogen and oxygen atoms in total. The van der Waals surface area contributed by atoms with E-state index in [1.54, 1.807) is 0 Å². The van der Waals surface area contributed by atoms with E-state index in [1.165, 1.54) is 0 Å². The molecule has 230 valence electrons. The number of nitrogens with one attached hydrogen (secondary N) is 2. The van der Waals surface area contributed by atoms with Gasteiger partial charge in [0.2, 0.25) is 0 Å². The fraction of sp³-hybridized carbons (Fsp3) is 1.00. The molecule has 0 aromatic heterocycles. The second-order valence-electron chi connectivity index (χ2n) is 10.7. The molecule has 14 atom stereocenters. The largest absolute Gasteiger partial charge is 0.395 e. The fourth-order valence-corrected chi connectivity index (χ4v) is 5.76. The zero-order valence-electron chi connectivity index (χ0n) is 21.9. The van der Waals surface area contributed by atoms with E-state index in [2.05, 4.69) is 10.6 Å². The average Bonchev–Trinajstić information content (AvgIpc) is 2.91. The Morgan fingerprint density at radius 2 is 1.54 bits per heavy atom. The zero-order chi connectivity index (χ0) is 28.9. The van der Waals surface area contributed by atoms with Crippen molar-refractivity contribution in [3.05, 3.63) is 0 Å². The summed E-state index contributed by atoms with van der Waals surface area (Å²) in [6.07, 6.45) is -10.0. The number of aliphatic hydroxyl groups excluding tert-OH is 8. The van der Waals surface area contributed by atoms with Crippen molar-refractivity contribution < 1.29 is 55.1 Å². The third-order valence-electron chi connectivity index (χ3n) is 7.98. The summed E-state index contributed by atoms with van der Waals surface area (Å²) in [7, 11) is 0. The van der Waals surface area contributed by atoms with Crippen LogP contribution in [0.15, 0.2) is 0 Å². The van der Waals surface area contributed by atoms with Gasteiger partial charge in [-0.1, -0.05) is 0 Å². The van der Waals surface area contributed by atoms with Crippen LogP contribution in [0.2, 0.25) is 0 Å². The molecular formula is C23H47N5O11. The van der Waals surface area contributed by atoms with Crippen LogP contribution in [0.5, 0.6) is 0 Å². The summed E-state index contributed by atoms with van der Waals surface area (Å²) >= 11 is 0. The molecule has 1 aliphatic carbocycles. The molecule has 3 aliphatic rings. The summed E-state index contributed by atoms with van der Waals surface area (Å²) in [4.78, 5) is 0. The molecule has 0 aromatic carbocycles. The van der Waals surface area contributed by atoms with E-state index in [4.69, 9.17) is 36.5 Å². The van der Waals surface area contributed by atoms with E-state index in [0.717, 1.165) is 0 Å². The van der Waals surface area contributed by atoms with Crippen LogP contribution in [0.4, 0.5) is 0 Å². The highest BCUT2D eigenvalue weighted by molar-refractivity contribution is 5.06. The number of hydrogen-bond acceptors (Lipinski definition) is 16. The third-order valence-corrected chi connectivity index (χ3v) is 7.98. The lowest BCUT2D eigenvalue weighted by Gasteiger charge is -2.52. The quantitative estimate of drug-likeness (QED) is 0.0971. The third kappa shape index (κ3) is 7.61. The number of nitrogens with two attached hydrogens (primary N) is 3. The maximum Gasteiger partial charge on any atom is 0.186 e. The molecule has 3 fully saturated rings. The standard InChI is InChI=1S/C23H47N5O11/c24-10-3-12(28-9(6-30)7-31)22(39-23-20(36)17(26)18(34)15(8-32)38-23)19(35)16(10)21-11(25)4-13(33)14(37-21)5-27-1-2-29/h9-23,27-36H,1-8,24-26H2. The summed E-state index contributed by atoms with van der Waals surface area (Å²) in [5, 5.41) is 86.9. The Kier molecular flexibility index (Phi) is 12.7. The Labute approximate surface area is 227 Å². The van der Waals surface area contributed by atoms with Crippen LogP contribution in [0.25, 0.3) is 0 Å². The van der Waals surface area contributed by atoms with E-state index in [9.17, 15) is 35.7 Å². The van der Waals surface area contributed by atoms with Gasteiger partial charge in [0.25, 0.3) is 0 Å². The van der Waals surface area contributed by atoms with Crippen molar-refractivity contribution >= 4 is 0 Å². The maximum absolute atomic E-state index is 11.6. The fourth-order valence-electron chi connectivity index (χ4n) is 5.76. The maximum atomic E-state index is 11.6. The van der Waals surface area contributed by atoms with Crippen LogP contribution in [0, 0.1) is 5.92 Å². The van der Waals surface area contributed by atoms with Gasteiger partial charge in [-0.25, -0.2) is 0 Å². The molecule has 0 amide bonds. The van der Waals surface area contributed by atoms with Gasteiger partial charge in [-0.2, -0.15) is 0 Å². The van der Waals surface area contributed by atoms with Crippen molar-refractivity contribution in [2.45, 2.75) is 98.2 Å². The number of hydrogen-bond donors (Lipinski definition) is 13. The first-order chi connectivity index (χ1) is 18.6. The second-order valence-corrected chi connectivity index (χ2v) is 10.7. The van der Waals surface area contributed by atoms with Crippen molar-refractivity contribution in [3.8, 4) is 0 Å². The minimum absolute atomic E-state index is 0.0963. The molecule has 16 N–H and O–H groups in total. The first kappa shape index (κ1) is 32.9. The molecule has 14 unspecified atom stereocenters. The normalized spacial score (nSPS) is 45.5. The molecule has 2 aliphatic heterocycles. The van der Waals surface area contributed by atoms with E-state index in [1.807, 2.05) is 0 Å². The molecular weight excluding hydrogens is 522 g/mol. The van der Waals surface area contributed by atoms with Gasteiger partial charge in [0, 0.05) is 37.1 Å². The van der Waals surface area contributed by atoms with Gasteiger partial charge in [-0.3, -0.25) is 0 Å². The van der Waals surface area contributed by atoms with Crippen molar-refractivity contribution in [1.82, 2.24) is 10.6 Å². The summed E-state index contributed by atoms with van der Waals surface area (Å²) in [5.41, 5.74) is 18.8. The van der Waals surface area contributed by atoms with E-state index < -0.39 is 111 Å². The summed E-state index contributed by atoms with van der Waals surface area (Å²) in [6.45, 7) is -1.01. The van der Waals surface area contributed by atoms with E-state index >= 15 is 0 Å². The van der Waals surface area contributed by atoms with Gasteiger partial charge in [0.1, 0.15) is 24.4 Å². The highest BCUT2D eigenvalue weighted by atomic mass is 16.7. The predicted molar refractivity (Wildman–Crippen MR) is 135 cm³/mol. The highest BCUT2D eigenvalue weighted by Crippen LogP contribution is 2.36. The molecule has 0 aromatic rings. The minimum Gasteiger partial charge on any atom is -0.395 e. The van der Waals surface area contributed by atoms with Gasteiger partial charge in [-0.15, -0.1) is 0 Å². The highest BCUT2D eigenvalue weighted by Gasteiger charge is 2.53. The molecule has 3 rings (SSSR count). The molecule has 2 heterocycles. The van der Waals surface area contributed by atoms with Crippen molar-refractivity contribution in [2.24, 2.45) is 23.1 Å². The number of ether oxygens (including phenoxy) is 3. The molecule has 16 heteroatoms. The zero-order valence-corrected chi connectivity index (χ0v) is 21.9. The minimum atomic E-state index is -1.51. The second kappa shape index (κ2) is 15.0. The lowest BCUT2D eigenvalue weighted by Crippen LogP contribution is -2.70. The first-order valence-electron chi connectivity index (χ1n) is 13.4. The van der Waals surface area contributed by atoms with Crippen molar-refractivity contribution in [3.63, 3.8) is 0 Å². The van der Waals surface area contributed by atoms with Gasteiger partial charge >= 0.3 is 0 Å². The Bertz CT molecular complexity index is 726. The smallest absolute Gasteiger partial charge is 0.186 e. The topological polar surface area (TPSA) is 292 Å². The Morgan fingerprint density at radius 3 is 2.15 bits per heavy atom. The van der Waals surface area contributed by atoms with Crippen LogP contribution in [0.1, 0.15) is 12.8 Å². The molecule has 2 saturated heterocycles. The van der Waals surface area contributed by atoms with E-state index in [0.29, 0.717) is 6.54 Å². The summed E-state index contributed by atoms with van der Waals surface area (Å²) < 4.78 is 17.8. The Balaban J connectivity index is 1.85. The Morgan fingerprint density at radius 1 is 0.846 bits per heavy atom. The van der Waals surface area contributed by atoms with Crippen molar-refractivity contribution in [1.29, 1.82) is 0 Å². The molecule has 0 spiro atoms. The SMILES string of the molecule is NC1CC(O)C(CNCCO)OC1C1C(N)CC(NC(CO)CO)C(OC2OC(CO)C(O)C(N)C2O)C1O. The van der Waals surface area contributed by atoms with Crippen LogP contribution in [-0.4, -0.2) is 166 Å².